The summed E-state index contributed by atoms with van der Waals surface area (Å²) in [6.07, 6.45) is 17.5. The number of aliphatic hydroxyl groups excluding tert-OH is 4. The maximum atomic E-state index is 9.61. The van der Waals surface area contributed by atoms with Gasteiger partial charge in [-0.1, -0.05) is 97.3 Å². The van der Waals surface area contributed by atoms with Crippen LogP contribution >= 0.6 is 0 Å². The van der Waals surface area contributed by atoms with E-state index in [-0.39, 0.29) is 39.6 Å². The molecular formula is C28H58O8. The molecule has 0 rings (SSSR count). The molecule has 0 aliphatic carbocycles. The summed E-state index contributed by atoms with van der Waals surface area (Å²) in [5.74, 6) is 0.0180. The van der Waals surface area contributed by atoms with E-state index >= 15 is 0 Å². The van der Waals surface area contributed by atoms with Crippen molar-refractivity contribution >= 4 is 5.97 Å². The van der Waals surface area contributed by atoms with Gasteiger partial charge < -0.3 is 35.0 Å². The zero-order valence-corrected chi connectivity index (χ0v) is 23.5. The lowest BCUT2D eigenvalue weighted by molar-refractivity contribution is -0.134. The minimum Gasteiger partial charge on any atom is -0.481 e. The van der Waals surface area contributed by atoms with Crippen LogP contribution in [-0.4, -0.2) is 83.9 Å². The number of ether oxygens (including phenoxy) is 2. The monoisotopic (exact) mass is 522 g/mol. The van der Waals surface area contributed by atoms with E-state index in [9.17, 15) is 15.3 Å². The first-order valence-corrected chi connectivity index (χ1v) is 14.1. The van der Waals surface area contributed by atoms with Crippen molar-refractivity contribution in [2.75, 3.05) is 46.2 Å². The standard InChI is InChI=1S/C26H54O6.C2H4O2/c1-24(2)16-14-12-10-8-6-4-3-5-7-9-11-13-15-17-31-22-26(20-28,21-29)23-32-19-25(30)18-27;1-2(3)4/h24-25,27-30H,3-23H2,1-2H3;1H3,(H,3,4). The van der Waals surface area contributed by atoms with Crippen molar-refractivity contribution in [1.29, 1.82) is 0 Å². The molecule has 0 saturated heterocycles. The normalized spacial score (nSPS) is 12.4. The molecule has 218 valence electrons. The smallest absolute Gasteiger partial charge is 0.300 e. The number of aliphatic carboxylic acids is 1. The first-order valence-electron chi connectivity index (χ1n) is 14.1. The third-order valence-electron chi connectivity index (χ3n) is 6.08. The molecular weight excluding hydrogens is 464 g/mol. The van der Waals surface area contributed by atoms with E-state index in [0.29, 0.717) is 6.61 Å². The molecule has 0 aromatic heterocycles. The second-order valence-electron chi connectivity index (χ2n) is 10.5. The molecule has 8 nitrogen and oxygen atoms in total. The average Bonchev–Trinajstić information content (AvgIpc) is 2.84. The number of carboxylic acid groups (broad SMARTS) is 1. The van der Waals surface area contributed by atoms with Gasteiger partial charge in [-0.3, -0.25) is 4.79 Å². The second-order valence-corrected chi connectivity index (χ2v) is 10.5. The van der Waals surface area contributed by atoms with Gasteiger partial charge >= 0.3 is 0 Å². The third kappa shape index (κ3) is 27.8. The lowest BCUT2D eigenvalue weighted by atomic mass is 9.92. The van der Waals surface area contributed by atoms with Crippen LogP contribution in [0.3, 0.4) is 0 Å². The Bertz CT molecular complexity index is 451. The van der Waals surface area contributed by atoms with Crippen LogP contribution in [0.2, 0.25) is 0 Å². The number of rotatable bonds is 25. The number of hydrogen-bond acceptors (Lipinski definition) is 7. The van der Waals surface area contributed by atoms with Gasteiger partial charge in [-0.15, -0.1) is 0 Å². The fraction of sp³-hybridized carbons (Fsp3) is 0.964. The SMILES string of the molecule is CC(=O)O.CC(C)CCCCCCCCCCCCCCCOCC(CO)(CO)COCC(O)CO. The lowest BCUT2D eigenvalue weighted by Crippen LogP contribution is -2.40. The van der Waals surface area contributed by atoms with E-state index in [4.69, 9.17) is 24.5 Å². The minimum absolute atomic E-state index is 0.0311. The Morgan fingerprint density at radius 2 is 1.11 bits per heavy atom. The molecule has 0 aliphatic rings. The molecule has 0 amide bonds. The summed E-state index contributed by atoms with van der Waals surface area (Å²) in [7, 11) is 0. The molecule has 0 radical (unpaired) electrons. The molecule has 36 heavy (non-hydrogen) atoms. The molecule has 0 aromatic rings. The molecule has 0 bridgehead atoms. The van der Waals surface area contributed by atoms with Gasteiger partial charge in [0.05, 0.1) is 45.1 Å². The fourth-order valence-corrected chi connectivity index (χ4v) is 3.73. The van der Waals surface area contributed by atoms with Crippen LogP contribution in [0.25, 0.3) is 0 Å². The average molecular weight is 523 g/mol. The highest BCUT2D eigenvalue weighted by molar-refractivity contribution is 5.62. The van der Waals surface area contributed by atoms with E-state index < -0.39 is 17.5 Å². The molecule has 1 atom stereocenters. The van der Waals surface area contributed by atoms with Crippen molar-refractivity contribution < 1.29 is 39.8 Å². The summed E-state index contributed by atoms with van der Waals surface area (Å²) in [4.78, 5) is 9.00. The summed E-state index contributed by atoms with van der Waals surface area (Å²) < 4.78 is 11.0. The van der Waals surface area contributed by atoms with Crippen molar-refractivity contribution in [3.8, 4) is 0 Å². The first-order chi connectivity index (χ1) is 17.2. The van der Waals surface area contributed by atoms with E-state index in [1.807, 2.05) is 0 Å². The van der Waals surface area contributed by atoms with Gasteiger partial charge in [0.2, 0.25) is 0 Å². The predicted molar refractivity (Wildman–Crippen MR) is 144 cm³/mol. The predicted octanol–water partition coefficient (Wildman–Crippen LogP) is 4.55. The number of hydrogen-bond donors (Lipinski definition) is 5. The zero-order valence-electron chi connectivity index (χ0n) is 23.5. The third-order valence-corrected chi connectivity index (χ3v) is 6.08. The van der Waals surface area contributed by atoms with E-state index in [0.717, 1.165) is 25.7 Å². The molecule has 0 aromatic carbocycles. The Labute approximate surface area is 220 Å². The van der Waals surface area contributed by atoms with E-state index in [2.05, 4.69) is 13.8 Å². The second kappa shape index (κ2) is 27.3. The number of carboxylic acids is 1. The first kappa shape index (κ1) is 37.4. The highest BCUT2D eigenvalue weighted by atomic mass is 16.5. The van der Waals surface area contributed by atoms with Crippen molar-refractivity contribution in [1.82, 2.24) is 0 Å². The van der Waals surface area contributed by atoms with Crippen LogP contribution in [-0.2, 0) is 14.3 Å². The molecule has 0 aliphatic heterocycles. The number of unbranched alkanes of at least 4 members (excludes halogenated alkanes) is 12. The van der Waals surface area contributed by atoms with Crippen molar-refractivity contribution in [2.24, 2.45) is 11.3 Å². The van der Waals surface area contributed by atoms with Crippen LogP contribution in [0.4, 0.5) is 0 Å². The maximum Gasteiger partial charge on any atom is 0.300 e. The maximum absolute atomic E-state index is 9.61. The van der Waals surface area contributed by atoms with Gasteiger partial charge in [0.25, 0.3) is 5.97 Å². The summed E-state index contributed by atoms with van der Waals surface area (Å²) in [6.45, 7) is 5.69. The van der Waals surface area contributed by atoms with Gasteiger partial charge in [-0.2, -0.15) is 0 Å². The summed E-state index contributed by atoms with van der Waals surface area (Å²) in [5, 5.41) is 44.7. The Morgan fingerprint density at radius 1 is 0.722 bits per heavy atom. The Hall–Kier alpha value is -0.770. The Morgan fingerprint density at radius 3 is 1.50 bits per heavy atom. The van der Waals surface area contributed by atoms with Crippen LogP contribution in [0, 0.1) is 11.3 Å². The van der Waals surface area contributed by atoms with Crippen LogP contribution < -0.4 is 0 Å². The molecule has 0 fully saturated rings. The van der Waals surface area contributed by atoms with Gasteiger partial charge in [-0.05, 0) is 12.3 Å². The molecule has 8 heteroatoms. The Kier molecular flexibility index (Phi) is 28.3. The highest BCUT2D eigenvalue weighted by Gasteiger charge is 2.30. The quantitative estimate of drug-likeness (QED) is 0.110. The minimum atomic E-state index is -0.949. The van der Waals surface area contributed by atoms with Gasteiger partial charge in [0.1, 0.15) is 6.10 Å². The zero-order chi connectivity index (χ0) is 27.5. The fourth-order valence-electron chi connectivity index (χ4n) is 3.73. The van der Waals surface area contributed by atoms with Gasteiger partial charge in [0, 0.05) is 13.5 Å². The van der Waals surface area contributed by atoms with Gasteiger partial charge in [-0.25, -0.2) is 0 Å². The number of carbonyl (C=O) groups is 1. The van der Waals surface area contributed by atoms with Crippen LogP contribution in [0.1, 0.15) is 111 Å². The molecule has 1 unspecified atom stereocenters. The van der Waals surface area contributed by atoms with E-state index in [1.165, 1.54) is 77.0 Å². The summed E-state index contributed by atoms with van der Waals surface area (Å²) in [6, 6.07) is 0. The lowest BCUT2D eigenvalue weighted by Gasteiger charge is -2.29. The molecule has 0 saturated carbocycles. The topological polar surface area (TPSA) is 137 Å². The van der Waals surface area contributed by atoms with Crippen molar-refractivity contribution in [3.63, 3.8) is 0 Å². The van der Waals surface area contributed by atoms with Crippen molar-refractivity contribution in [2.45, 2.75) is 117 Å². The number of aliphatic hydroxyl groups is 4. The molecule has 0 spiro atoms. The summed E-state index contributed by atoms with van der Waals surface area (Å²) in [5.41, 5.74) is -0.872. The highest BCUT2D eigenvalue weighted by Crippen LogP contribution is 2.18. The van der Waals surface area contributed by atoms with Crippen LogP contribution in [0.5, 0.6) is 0 Å². The van der Waals surface area contributed by atoms with E-state index in [1.54, 1.807) is 0 Å². The largest absolute Gasteiger partial charge is 0.481 e. The summed E-state index contributed by atoms with van der Waals surface area (Å²) >= 11 is 0. The molecule has 5 N–H and O–H groups in total. The molecule has 0 heterocycles. The van der Waals surface area contributed by atoms with Gasteiger partial charge in [0.15, 0.2) is 0 Å². The Balaban J connectivity index is 0. The van der Waals surface area contributed by atoms with Crippen molar-refractivity contribution in [3.05, 3.63) is 0 Å². The van der Waals surface area contributed by atoms with Crippen LogP contribution in [0.15, 0.2) is 0 Å².